The van der Waals surface area contributed by atoms with Gasteiger partial charge in [0.25, 0.3) is 5.56 Å². The Labute approximate surface area is 185 Å². The van der Waals surface area contributed by atoms with E-state index in [9.17, 15) is 9.59 Å². The lowest BCUT2D eigenvalue weighted by atomic mass is 9.72. The lowest BCUT2D eigenvalue weighted by Gasteiger charge is -2.33. The smallest absolute Gasteiger partial charge is 0.262 e. The van der Waals surface area contributed by atoms with Gasteiger partial charge >= 0.3 is 0 Å². The molecule has 0 fully saturated rings. The minimum atomic E-state index is -0.0918. The maximum atomic E-state index is 13.3. The van der Waals surface area contributed by atoms with Crippen LogP contribution in [0.15, 0.2) is 53.6 Å². The van der Waals surface area contributed by atoms with Gasteiger partial charge in [0.1, 0.15) is 4.83 Å². The molecule has 5 heteroatoms. The van der Waals surface area contributed by atoms with Crippen LogP contribution in [0, 0.1) is 11.3 Å². The molecule has 0 radical (unpaired) electrons. The molecule has 2 heterocycles. The first kappa shape index (κ1) is 20.1. The van der Waals surface area contributed by atoms with Gasteiger partial charge in [0, 0.05) is 10.4 Å². The summed E-state index contributed by atoms with van der Waals surface area (Å²) in [5.74, 6) is 0.538. The summed E-state index contributed by atoms with van der Waals surface area (Å²) >= 11 is 1.65. The summed E-state index contributed by atoms with van der Waals surface area (Å²) in [7, 11) is 0. The van der Waals surface area contributed by atoms with E-state index in [2.05, 4.69) is 25.8 Å². The molecule has 1 aliphatic carbocycles. The number of hydrogen-bond donors (Lipinski definition) is 0. The Morgan fingerprint density at radius 1 is 1.16 bits per heavy atom. The van der Waals surface area contributed by atoms with Crippen LogP contribution in [0.5, 0.6) is 0 Å². The molecule has 1 atom stereocenters. The summed E-state index contributed by atoms with van der Waals surface area (Å²) in [5, 5.41) is 2.84. The molecule has 0 spiro atoms. The SMILES string of the molecule is CC(C)(C)C1CCc2c(sc3ncn(CC(=O)c4ccc5ccccc5c4)c(=O)c23)C1. The van der Waals surface area contributed by atoms with E-state index in [-0.39, 0.29) is 23.3 Å². The molecule has 158 valence electrons. The van der Waals surface area contributed by atoms with Gasteiger partial charge in [-0.15, -0.1) is 11.3 Å². The topological polar surface area (TPSA) is 52.0 Å². The Kier molecular flexibility index (Phi) is 4.82. The van der Waals surface area contributed by atoms with Gasteiger partial charge in [-0.25, -0.2) is 4.98 Å². The van der Waals surface area contributed by atoms with E-state index in [1.54, 1.807) is 11.3 Å². The number of rotatable bonds is 3. The second kappa shape index (κ2) is 7.41. The van der Waals surface area contributed by atoms with E-state index in [1.807, 2.05) is 42.5 Å². The van der Waals surface area contributed by atoms with Crippen LogP contribution >= 0.6 is 11.3 Å². The van der Waals surface area contributed by atoms with E-state index < -0.39 is 0 Å². The fraction of sp³-hybridized carbons (Fsp3) is 0.346. The average Bonchev–Trinajstić information content (AvgIpc) is 3.13. The average molecular weight is 431 g/mol. The maximum Gasteiger partial charge on any atom is 0.262 e. The van der Waals surface area contributed by atoms with Crippen LogP contribution in [-0.2, 0) is 19.4 Å². The monoisotopic (exact) mass is 430 g/mol. The summed E-state index contributed by atoms with van der Waals surface area (Å²) in [4.78, 5) is 32.9. The highest BCUT2D eigenvalue weighted by atomic mass is 32.1. The van der Waals surface area contributed by atoms with E-state index in [0.29, 0.717) is 11.5 Å². The summed E-state index contributed by atoms with van der Waals surface area (Å²) in [6, 6.07) is 13.6. The first-order valence-electron chi connectivity index (χ1n) is 10.8. The highest BCUT2D eigenvalue weighted by molar-refractivity contribution is 7.18. The van der Waals surface area contributed by atoms with Crippen molar-refractivity contribution in [3.8, 4) is 0 Å². The second-order valence-electron chi connectivity index (χ2n) is 9.65. The van der Waals surface area contributed by atoms with Gasteiger partial charge < -0.3 is 0 Å². The number of aryl methyl sites for hydroxylation is 1. The van der Waals surface area contributed by atoms with Crippen LogP contribution in [0.25, 0.3) is 21.0 Å². The molecule has 0 bridgehead atoms. The van der Waals surface area contributed by atoms with Gasteiger partial charge in [-0.1, -0.05) is 57.2 Å². The molecule has 0 amide bonds. The summed E-state index contributed by atoms with van der Waals surface area (Å²) in [6.07, 6.45) is 4.55. The predicted molar refractivity (Wildman–Crippen MR) is 127 cm³/mol. The van der Waals surface area contributed by atoms with E-state index in [4.69, 9.17) is 0 Å². The normalized spacial score (nSPS) is 16.5. The third-order valence-electron chi connectivity index (χ3n) is 6.65. The van der Waals surface area contributed by atoms with Gasteiger partial charge in [0.05, 0.1) is 18.3 Å². The first-order chi connectivity index (χ1) is 14.8. The number of thiophene rings is 1. The Morgan fingerprint density at radius 2 is 1.94 bits per heavy atom. The van der Waals surface area contributed by atoms with Gasteiger partial charge in [-0.2, -0.15) is 0 Å². The van der Waals surface area contributed by atoms with Crippen LogP contribution in [-0.4, -0.2) is 15.3 Å². The van der Waals surface area contributed by atoms with E-state index in [1.165, 1.54) is 15.8 Å². The standard InChI is InChI=1S/C26H26N2O2S/c1-26(2,3)19-10-11-20-22(13-19)31-24-23(20)25(30)28(15-27-24)14-21(29)18-9-8-16-6-4-5-7-17(16)12-18/h4-9,12,15,19H,10-11,13-14H2,1-3H3. The zero-order chi connectivity index (χ0) is 21.8. The first-order valence-corrected chi connectivity index (χ1v) is 11.6. The third-order valence-corrected chi connectivity index (χ3v) is 7.81. The minimum absolute atomic E-state index is 0.00928. The molecule has 0 saturated carbocycles. The molecule has 1 aliphatic rings. The van der Waals surface area contributed by atoms with Crippen molar-refractivity contribution >= 4 is 38.1 Å². The number of aromatic nitrogens is 2. The fourth-order valence-electron chi connectivity index (χ4n) is 4.66. The molecule has 1 unspecified atom stereocenters. The Hall–Kier alpha value is -2.79. The van der Waals surface area contributed by atoms with Crippen molar-refractivity contribution in [3.63, 3.8) is 0 Å². The number of hydrogen-bond acceptors (Lipinski definition) is 4. The molecular formula is C26H26N2O2S. The zero-order valence-corrected chi connectivity index (χ0v) is 19.0. The largest absolute Gasteiger partial charge is 0.292 e. The van der Waals surface area contributed by atoms with Crippen LogP contribution in [0.4, 0.5) is 0 Å². The van der Waals surface area contributed by atoms with E-state index in [0.717, 1.165) is 45.8 Å². The lowest BCUT2D eigenvalue weighted by Crippen LogP contribution is -2.27. The number of ketones is 1. The van der Waals surface area contributed by atoms with Crippen LogP contribution in [0.3, 0.4) is 0 Å². The van der Waals surface area contributed by atoms with Gasteiger partial charge in [-0.05, 0) is 53.0 Å². The van der Waals surface area contributed by atoms with Crippen molar-refractivity contribution in [2.75, 3.05) is 0 Å². The van der Waals surface area contributed by atoms with Crippen LogP contribution < -0.4 is 5.56 Å². The van der Waals surface area contributed by atoms with Crippen LogP contribution in [0.1, 0.15) is 48.0 Å². The quantitative estimate of drug-likeness (QED) is 0.395. The number of carbonyl (C=O) groups excluding carboxylic acids is 1. The molecule has 2 aromatic carbocycles. The van der Waals surface area contributed by atoms with Crippen LogP contribution in [0.2, 0.25) is 0 Å². The molecule has 31 heavy (non-hydrogen) atoms. The van der Waals surface area contributed by atoms with Gasteiger partial charge in [-0.3, -0.25) is 14.2 Å². The lowest BCUT2D eigenvalue weighted by molar-refractivity contribution is 0.0970. The number of Topliss-reactive ketones (excluding diaryl/α,β-unsaturated/α-hetero) is 1. The molecule has 2 aromatic heterocycles. The zero-order valence-electron chi connectivity index (χ0n) is 18.1. The number of fused-ring (bicyclic) bond motifs is 4. The molecular weight excluding hydrogens is 404 g/mol. The molecule has 4 aromatic rings. The molecule has 0 aliphatic heterocycles. The summed E-state index contributed by atoms with van der Waals surface area (Å²) in [6.45, 7) is 6.88. The number of nitrogens with zero attached hydrogens (tertiary/aromatic N) is 2. The van der Waals surface area contributed by atoms with Gasteiger partial charge in [0.15, 0.2) is 5.78 Å². The van der Waals surface area contributed by atoms with Crippen molar-refractivity contribution in [3.05, 3.63) is 75.1 Å². The molecule has 5 rings (SSSR count). The molecule has 4 nitrogen and oxygen atoms in total. The Balaban J connectivity index is 1.47. The number of carbonyl (C=O) groups is 1. The Morgan fingerprint density at radius 3 is 2.71 bits per heavy atom. The Bertz CT molecular complexity index is 1370. The molecule has 0 saturated heterocycles. The van der Waals surface area contributed by atoms with E-state index >= 15 is 0 Å². The highest BCUT2D eigenvalue weighted by Crippen LogP contribution is 2.41. The van der Waals surface area contributed by atoms with Crippen molar-refractivity contribution in [1.82, 2.24) is 9.55 Å². The molecule has 0 N–H and O–H groups in total. The van der Waals surface area contributed by atoms with Gasteiger partial charge in [0.2, 0.25) is 0 Å². The van der Waals surface area contributed by atoms with Crippen molar-refractivity contribution < 1.29 is 4.79 Å². The van der Waals surface area contributed by atoms with Crippen molar-refractivity contribution in [2.45, 2.75) is 46.6 Å². The third kappa shape index (κ3) is 3.61. The predicted octanol–water partition coefficient (Wildman–Crippen LogP) is 5.65. The summed E-state index contributed by atoms with van der Waals surface area (Å²) < 4.78 is 1.47. The minimum Gasteiger partial charge on any atom is -0.292 e. The highest BCUT2D eigenvalue weighted by Gasteiger charge is 2.31. The maximum absolute atomic E-state index is 13.3. The van der Waals surface area contributed by atoms with Crippen molar-refractivity contribution in [2.24, 2.45) is 11.3 Å². The summed E-state index contributed by atoms with van der Waals surface area (Å²) in [5.41, 5.74) is 1.94. The number of benzene rings is 2. The van der Waals surface area contributed by atoms with Crippen molar-refractivity contribution in [1.29, 1.82) is 0 Å². The second-order valence-corrected chi connectivity index (χ2v) is 10.7. The fourth-order valence-corrected chi connectivity index (χ4v) is 5.92.